The largest absolute Gasteiger partial charge is 0.309 e. The topological polar surface area (TPSA) is 43.6 Å². The highest BCUT2D eigenvalue weighted by Crippen LogP contribution is 2.35. The van der Waals surface area contributed by atoms with Gasteiger partial charge in [-0.2, -0.15) is 0 Å². The van der Waals surface area contributed by atoms with Crippen molar-refractivity contribution in [2.75, 3.05) is 0 Å². The lowest BCUT2D eigenvalue weighted by molar-refractivity contribution is 1.07. The monoisotopic (exact) mass is 516 g/mol. The third-order valence-corrected chi connectivity index (χ3v) is 7.47. The number of fused-ring (bicyclic) bond motifs is 3. The van der Waals surface area contributed by atoms with Gasteiger partial charge in [0.2, 0.25) is 0 Å². The zero-order valence-electron chi connectivity index (χ0n) is 22.8. The van der Waals surface area contributed by atoms with Crippen LogP contribution in [0, 0.1) is 20.8 Å². The van der Waals surface area contributed by atoms with Crippen molar-refractivity contribution in [1.29, 1.82) is 0 Å². The van der Waals surface area contributed by atoms with Crippen molar-refractivity contribution < 1.29 is 0 Å². The Morgan fingerprint density at radius 1 is 0.450 bits per heavy atom. The first-order valence-corrected chi connectivity index (χ1v) is 13.5. The van der Waals surface area contributed by atoms with Crippen molar-refractivity contribution in [3.8, 4) is 39.9 Å². The Morgan fingerprint density at radius 2 is 0.925 bits per heavy atom. The number of rotatable bonds is 4. The molecule has 0 amide bonds. The molecule has 5 aromatic carbocycles. The van der Waals surface area contributed by atoms with E-state index in [-0.39, 0.29) is 0 Å². The molecule has 0 bridgehead atoms. The van der Waals surface area contributed by atoms with Crippen LogP contribution in [0.5, 0.6) is 0 Å². The molecule has 2 aromatic heterocycles. The first-order valence-electron chi connectivity index (χ1n) is 13.5. The Kier molecular flexibility index (Phi) is 5.75. The van der Waals surface area contributed by atoms with Crippen LogP contribution in [0.25, 0.3) is 61.7 Å². The summed E-state index contributed by atoms with van der Waals surface area (Å²) in [5.41, 5.74) is 10.1. The van der Waals surface area contributed by atoms with E-state index in [0.717, 1.165) is 27.9 Å². The van der Waals surface area contributed by atoms with Crippen molar-refractivity contribution in [2.24, 2.45) is 0 Å². The summed E-state index contributed by atoms with van der Waals surface area (Å²) in [6.45, 7) is 6.47. The fourth-order valence-corrected chi connectivity index (χ4v) is 5.49. The second kappa shape index (κ2) is 9.58. The SMILES string of the molecule is Cc1ccc2c(c1)c1cc(C)ccc1n2-c1ccc(-c2nc(-c3ccccc3)nc(-c3ccccc3)n2)cc1C. The molecule has 4 heteroatoms. The van der Waals surface area contributed by atoms with Crippen LogP contribution in [0.4, 0.5) is 0 Å². The zero-order chi connectivity index (χ0) is 27.2. The Hall–Kier alpha value is -5.09. The second-order valence-electron chi connectivity index (χ2n) is 10.4. The van der Waals surface area contributed by atoms with Crippen molar-refractivity contribution >= 4 is 21.8 Å². The highest BCUT2D eigenvalue weighted by Gasteiger charge is 2.16. The normalized spacial score (nSPS) is 11.4. The third kappa shape index (κ3) is 4.15. The van der Waals surface area contributed by atoms with Crippen molar-refractivity contribution in [2.45, 2.75) is 20.8 Å². The smallest absolute Gasteiger partial charge is 0.164 e. The lowest BCUT2D eigenvalue weighted by Gasteiger charge is -2.13. The van der Waals surface area contributed by atoms with E-state index < -0.39 is 0 Å². The van der Waals surface area contributed by atoms with Crippen LogP contribution in [0.3, 0.4) is 0 Å². The minimum absolute atomic E-state index is 0.663. The molecular formula is C36H28N4. The van der Waals surface area contributed by atoms with Gasteiger partial charge in [-0.05, 0) is 68.8 Å². The Balaban J connectivity index is 1.40. The minimum atomic E-state index is 0.663. The van der Waals surface area contributed by atoms with E-state index in [1.54, 1.807) is 0 Å². The van der Waals surface area contributed by atoms with Crippen LogP contribution in [0.15, 0.2) is 115 Å². The third-order valence-electron chi connectivity index (χ3n) is 7.47. The van der Waals surface area contributed by atoms with Crippen LogP contribution in [0.1, 0.15) is 16.7 Å². The second-order valence-corrected chi connectivity index (χ2v) is 10.4. The molecule has 2 heterocycles. The first-order chi connectivity index (χ1) is 19.5. The summed E-state index contributed by atoms with van der Waals surface area (Å²) in [5, 5.41) is 2.55. The van der Waals surface area contributed by atoms with E-state index in [1.165, 1.54) is 32.9 Å². The number of hydrogen-bond acceptors (Lipinski definition) is 3. The average molecular weight is 517 g/mol. The summed E-state index contributed by atoms with van der Waals surface area (Å²) < 4.78 is 2.38. The lowest BCUT2D eigenvalue weighted by atomic mass is 10.1. The van der Waals surface area contributed by atoms with E-state index in [1.807, 2.05) is 60.7 Å². The molecule has 7 aromatic rings. The van der Waals surface area contributed by atoms with Crippen LogP contribution in [-0.4, -0.2) is 19.5 Å². The molecule has 0 N–H and O–H groups in total. The molecule has 0 saturated heterocycles. The van der Waals surface area contributed by atoms with Gasteiger partial charge in [0.25, 0.3) is 0 Å². The molecule has 0 saturated carbocycles. The zero-order valence-corrected chi connectivity index (χ0v) is 22.8. The standard InChI is InChI=1S/C36H28N4/c1-23-14-17-32-29(20-23)30-21-24(2)15-18-33(30)40(32)31-19-16-28(22-25(31)3)36-38-34(26-10-6-4-7-11-26)37-35(39-36)27-12-8-5-9-13-27/h4-22H,1-3H3. The molecule has 0 aliphatic carbocycles. The van der Waals surface area contributed by atoms with Crippen molar-refractivity contribution in [3.05, 3.63) is 132 Å². The molecule has 7 rings (SSSR count). The molecule has 4 nitrogen and oxygen atoms in total. The summed E-state index contributed by atoms with van der Waals surface area (Å²) in [6.07, 6.45) is 0. The quantitative estimate of drug-likeness (QED) is 0.235. The molecule has 0 unspecified atom stereocenters. The predicted molar refractivity (Wildman–Crippen MR) is 165 cm³/mol. The summed E-state index contributed by atoms with van der Waals surface area (Å²) >= 11 is 0. The maximum atomic E-state index is 4.92. The van der Waals surface area contributed by atoms with Crippen LogP contribution >= 0.6 is 0 Å². The van der Waals surface area contributed by atoms with Crippen molar-refractivity contribution in [3.63, 3.8) is 0 Å². The molecule has 192 valence electrons. The summed E-state index contributed by atoms with van der Waals surface area (Å²) in [5.74, 6) is 1.99. The van der Waals surface area contributed by atoms with Gasteiger partial charge in [0.1, 0.15) is 0 Å². The van der Waals surface area contributed by atoms with Gasteiger partial charge in [0.05, 0.1) is 11.0 Å². The van der Waals surface area contributed by atoms with E-state index in [4.69, 9.17) is 15.0 Å². The lowest BCUT2D eigenvalue weighted by Crippen LogP contribution is -2.01. The summed E-state index contributed by atoms with van der Waals surface area (Å²) in [4.78, 5) is 14.7. The van der Waals surface area contributed by atoms with Gasteiger partial charge in [-0.25, -0.2) is 15.0 Å². The van der Waals surface area contributed by atoms with E-state index in [0.29, 0.717) is 17.5 Å². The first kappa shape index (κ1) is 24.0. The number of nitrogens with zero attached hydrogens (tertiary/aromatic N) is 4. The fraction of sp³-hybridized carbons (Fsp3) is 0.0833. The molecule has 0 spiro atoms. The van der Waals surface area contributed by atoms with Gasteiger partial charge in [0, 0.05) is 33.2 Å². The fourth-order valence-electron chi connectivity index (χ4n) is 5.49. The summed E-state index contributed by atoms with van der Waals surface area (Å²) in [6, 6.07) is 40.1. The maximum absolute atomic E-state index is 4.92. The molecule has 0 atom stereocenters. The molecule has 0 fully saturated rings. The van der Waals surface area contributed by atoms with Gasteiger partial charge in [-0.1, -0.05) is 83.9 Å². The van der Waals surface area contributed by atoms with Gasteiger partial charge in [-0.3, -0.25) is 0 Å². The maximum Gasteiger partial charge on any atom is 0.164 e. The Morgan fingerprint density at radius 3 is 1.40 bits per heavy atom. The molecule has 0 aliphatic rings. The van der Waals surface area contributed by atoms with E-state index >= 15 is 0 Å². The Labute approximate surface area is 233 Å². The highest BCUT2D eigenvalue weighted by molar-refractivity contribution is 6.09. The van der Waals surface area contributed by atoms with Gasteiger partial charge >= 0.3 is 0 Å². The molecular weight excluding hydrogens is 488 g/mol. The predicted octanol–water partition coefficient (Wildman–Crippen LogP) is 8.89. The minimum Gasteiger partial charge on any atom is -0.309 e. The Bertz CT molecular complexity index is 1910. The number of aryl methyl sites for hydroxylation is 3. The highest BCUT2D eigenvalue weighted by atomic mass is 15.0. The van der Waals surface area contributed by atoms with Crippen LogP contribution in [-0.2, 0) is 0 Å². The van der Waals surface area contributed by atoms with E-state index in [2.05, 4.69) is 79.9 Å². The van der Waals surface area contributed by atoms with Gasteiger partial charge in [-0.15, -0.1) is 0 Å². The molecule has 0 aliphatic heterocycles. The molecule has 40 heavy (non-hydrogen) atoms. The van der Waals surface area contributed by atoms with Gasteiger partial charge in [0.15, 0.2) is 17.5 Å². The number of benzene rings is 5. The van der Waals surface area contributed by atoms with Crippen LogP contribution < -0.4 is 0 Å². The number of aromatic nitrogens is 4. The van der Waals surface area contributed by atoms with Crippen LogP contribution in [0.2, 0.25) is 0 Å². The van der Waals surface area contributed by atoms with Crippen molar-refractivity contribution in [1.82, 2.24) is 19.5 Å². The average Bonchev–Trinajstić information content (AvgIpc) is 3.30. The molecule has 0 radical (unpaired) electrons. The number of hydrogen-bond donors (Lipinski definition) is 0. The van der Waals surface area contributed by atoms with E-state index in [9.17, 15) is 0 Å². The van der Waals surface area contributed by atoms with Gasteiger partial charge < -0.3 is 4.57 Å². The summed E-state index contributed by atoms with van der Waals surface area (Å²) in [7, 11) is 0.